The highest BCUT2D eigenvalue weighted by Gasteiger charge is 2.12. The van der Waals surface area contributed by atoms with Crippen LogP contribution in [0.4, 0.5) is 0 Å². The van der Waals surface area contributed by atoms with Gasteiger partial charge in [0.05, 0.1) is 16.8 Å². The van der Waals surface area contributed by atoms with Crippen molar-refractivity contribution in [3.63, 3.8) is 0 Å². The molecule has 0 aliphatic heterocycles. The van der Waals surface area contributed by atoms with E-state index in [0.29, 0.717) is 5.15 Å². The van der Waals surface area contributed by atoms with Gasteiger partial charge in [0, 0.05) is 11.8 Å². The second-order valence-electron chi connectivity index (χ2n) is 4.72. The van der Waals surface area contributed by atoms with Crippen molar-refractivity contribution in [2.75, 3.05) is 0 Å². The zero-order valence-electron chi connectivity index (χ0n) is 11.0. The van der Waals surface area contributed by atoms with E-state index >= 15 is 0 Å². The molecule has 3 aromatic heterocycles. The Morgan fingerprint density at radius 2 is 1.91 bits per heavy atom. The van der Waals surface area contributed by atoms with Crippen LogP contribution >= 0.6 is 22.9 Å². The highest BCUT2D eigenvalue weighted by atomic mass is 35.5. The van der Waals surface area contributed by atoms with Crippen molar-refractivity contribution in [1.82, 2.24) is 14.4 Å². The lowest BCUT2D eigenvalue weighted by atomic mass is 10.1. The molecule has 1 N–H and O–H groups in total. The van der Waals surface area contributed by atoms with E-state index in [9.17, 15) is 4.79 Å². The van der Waals surface area contributed by atoms with Crippen molar-refractivity contribution in [3.05, 3.63) is 53.3 Å². The number of carboxylic acid groups (broad SMARTS) is 1. The fourth-order valence-electron chi connectivity index (χ4n) is 2.29. The van der Waals surface area contributed by atoms with Crippen LogP contribution in [0.25, 0.3) is 26.6 Å². The molecule has 7 heteroatoms. The number of benzene rings is 1. The molecule has 4 rings (SSSR count). The number of thiazole rings is 1. The molecule has 0 fully saturated rings. The fourth-order valence-corrected chi connectivity index (χ4v) is 3.46. The van der Waals surface area contributed by atoms with Gasteiger partial charge in [-0.25, -0.2) is 14.8 Å². The van der Waals surface area contributed by atoms with Crippen LogP contribution in [0, 0.1) is 0 Å². The molecule has 5 nitrogen and oxygen atoms in total. The topological polar surface area (TPSA) is 67.5 Å². The Morgan fingerprint density at radius 1 is 1.14 bits per heavy atom. The highest BCUT2D eigenvalue weighted by Crippen LogP contribution is 2.29. The number of hydrogen-bond donors (Lipinski definition) is 1. The summed E-state index contributed by atoms with van der Waals surface area (Å²) in [5, 5.41) is 9.39. The third kappa shape index (κ3) is 2.04. The maximum atomic E-state index is 10.9. The minimum Gasteiger partial charge on any atom is -0.478 e. The van der Waals surface area contributed by atoms with Crippen LogP contribution in [0.5, 0.6) is 0 Å². The number of carbonyl (C=O) groups is 1. The van der Waals surface area contributed by atoms with Gasteiger partial charge in [-0.05, 0) is 24.3 Å². The zero-order valence-corrected chi connectivity index (χ0v) is 12.6. The molecular formula is C15H8ClN3O2S. The molecule has 0 aliphatic carbocycles. The van der Waals surface area contributed by atoms with Crippen molar-refractivity contribution in [2.45, 2.75) is 0 Å². The van der Waals surface area contributed by atoms with Crippen LogP contribution < -0.4 is 0 Å². The summed E-state index contributed by atoms with van der Waals surface area (Å²) in [4.78, 5) is 21.4. The summed E-state index contributed by atoms with van der Waals surface area (Å²) in [5.41, 5.74) is 2.87. The zero-order chi connectivity index (χ0) is 15.3. The number of hydrogen-bond acceptors (Lipinski definition) is 4. The van der Waals surface area contributed by atoms with E-state index in [1.165, 1.54) is 11.3 Å². The molecule has 22 heavy (non-hydrogen) atoms. The maximum Gasteiger partial charge on any atom is 0.335 e. The molecule has 0 bridgehead atoms. The van der Waals surface area contributed by atoms with E-state index in [4.69, 9.17) is 16.7 Å². The molecular weight excluding hydrogens is 322 g/mol. The maximum absolute atomic E-state index is 10.9. The van der Waals surface area contributed by atoms with Crippen molar-refractivity contribution in [3.8, 4) is 11.3 Å². The number of halogens is 1. The molecule has 4 aromatic rings. The Morgan fingerprint density at radius 3 is 2.64 bits per heavy atom. The Hall–Kier alpha value is -2.44. The molecule has 0 amide bonds. The largest absolute Gasteiger partial charge is 0.478 e. The van der Waals surface area contributed by atoms with Gasteiger partial charge >= 0.3 is 5.97 Å². The molecule has 0 spiro atoms. The number of pyridine rings is 1. The summed E-state index contributed by atoms with van der Waals surface area (Å²) in [6.45, 7) is 0. The van der Waals surface area contributed by atoms with E-state index in [2.05, 4.69) is 9.97 Å². The first kappa shape index (κ1) is 13.2. The molecule has 1 aromatic carbocycles. The molecule has 108 valence electrons. The fraction of sp³-hybridized carbons (Fsp3) is 0. The van der Waals surface area contributed by atoms with Crippen molar-refractivity contribution in [1.29, 1.82) is 0 Å². The van der Waals surface area contributed by atoms with Crippen LogP contribution in [0.1, 0.15) is 10.4 Å². The van der Waals surface area contributed by atoms with Gasteiger partial charge in [0.2, 0.25) is 0 Å². The minimum atomic E-state index is -0.939. The summed E-state index contributed by atoms with van der Waals surface area (Å²) in [6.07, 6.45) is 1.92. The molecule has 0 atom stereocenters. The first-order valence-corrected chi connectivity index (χ1v) is 7.59. The Balaban J connectivity index is 1.84. The van der Waals surface area contributed by atoms with Gasteiger partial charge in [-0.1, -0.05) is 35.1 Å². The van der Waals surface area contributed by atoms with E-state index in [1.807, 2.05) is 16.7 Å². The highest BCUT2D eigenvalue weighted by molar-refractivity contribution is 7.23. The van der Waals surface area contributed by atoms with Crippen LogP contribution in [-0.4, -0.2) is 25.4 Å². The average Bonchev–Trinajstić information content (AvgIpc) is 3.04. The molecule has 0 radical (unpaired) electrons. The van der Waals surface area contributed by atoms with Crippen LogP contribution in [0.15, 0.2) is 42.6 Å². The molecule has 0 saturated carbocycles. The molecule has 0 saturated heterocycles. The average molecular weight is 330 g/mol. The Bertz CT molecular complexity index is 1020. The van der Waals surface area contributed by atoms with Crippen LogP contribution in [-0.2, 0) is 0 Å². The number of aromatic nitrogens is 3. The normalized spacial score (nSPS) is 11.3. The second-order valence-corrected chi connectivity index (χ2v) is 6.06. The predicted molar refractivity (Wildman–Crippen MR) is 85.8 cm³/mol. The van der Waals surface area contributed by atoms with Gasteiger partial charge in [-0.2, -0.15) is 0 Å². The van der Waals surface area contributed by atoms with E-state index in [1.54, 1.807) is 30.3 Å². The van der Waals surface area contributed by atoms with E-state index in [0.717, 1.165) is 26.6 Å². The van der Waals surface area contributed by atoms with Crippen molar-refractivity contribution in [2.24, 2.45) is 0 Å². The number of nitrogens with zero attached hydrogens (tertiary/aromatic N) is 3. The summed E-state index contributed by atoms with van der Waals surface area (Å²) in [5.74, 6) is -0.939. The predicted octanol–water partition coefficient (Wildman–Crippen LogP) is 3.96. The number of carboxylic acids is 1. The van der Waals surface area contributed by atoms with Gasteiger partial charge in [-0.3, -0.25) is 4.40 Å². The second kappa shape index (κ2) is 4.79. The Labute approximate surface area is 133 Å². The van der Waals surface area contributed by atoms with E-state index in [-0.39, 0.29) is 5.56 Å². The van der Waals surface area contributed by atoms with Crippen molar-refractivity contribution >= 4 is 44.2 Å². The quantitative estimate of drug-likeness (QED) is 0.565. The van der Waals surface area contributed by atoms with Gasteiger partial charge in [-0.15, -0.1) is 0 Å². The van der Waals surface area contributed by atoms with Crippen LogP contribution in [0.2, 0.25) is 5.15 Å². The third-order valence-electron chi connectivity index (χ3n) is 3.35. The first-order chi connectivity index (χ1) is 10.6. The molecule has 3 heterocycles. The Kier molecular flexibility index (Phi) is 2.88. The number of rotatable bonds is 2. The number of imidazole rings is 1. The lowest BCUT2D eigenvalue weighted by Crippen LogP contribution is -1.94. The van der Waals surface area contributed by atoms with Gasteiger partial charge in [0.15, 0.2) is 4.96 Å². The molecule has 0 unspecified atom stereocenters. The van der Waals surface area contributed by atoms with Gasteiger partial charge in [0.25, 0.3) is 0 Å². The third-order valence-corrected chi connectivity index (χ3v) is 4.53. The summed E-state index contributed by atoms with van der Waals surface area (Å²) >= 11 is 7.36. The van der Waals surface area contributed by atoms with Gasteiger partial charge < -0.3 is 5.11 Å². The monoisotopic (exact) mass is 329 g/mol. The summed E-state index contributed by atoms with van der Waals surface area (Å²) < 4.78 is 1.96. The summed E-state index contributed by atoms with van der Waals surface area (Å²) in [7, 11) is 0. The van der Waals surface area contributed by atoms with Gasteiger partial charge in [0.1, 0.15) is 9.98 Å². The first-order valence-electron chi connectivity index (χ1n) is 6.40. The number of aromatic carboxylic acids is 1. The number of fused-ring (bicyclic) bond motifs is 3. The van der Waals surface area contributed by atoms with E-state index < -0.39 is 5.97 Å². The SMILES string of the molecule is O=C(O)c1ccc(-c2cn3c(n2)sc2nc(Cl)ccc23)cc1. The minimum absolute atomic E-state index is 0.258. The van der Waals surface area contributed by atoms with Crippen molar-refractivity contribution < 1.29 is 9.90 Å². The van der Waals surface area contributed by atoms with Crippen LogP contribution in [0.3, 0.4) is 0 Å². The standard InChI is InChI=1S/C15H8ClN3O2S/c16-12-6-5-11-13(18-12)22-15-17-10(7-19(11)15)8-1-3-9(4-2-8)14(20)21/h1-7H,(H,20,21). The smallest absolute Gasteiger partial charge is 0.335 e. The lowest BCUT2D eigenvalue weighted by molar-refractivity contribution is 0.0697. The summed E-state index contributed by atoms with van der Waals surface area (Å²) in [6, 6.07) is 10.3. The lowest BCUT2D eigenvalue weighted by Gasteiger charge is -1.97. The molecule has 0 aliphatic rings.